The summed E-state index contributed by atoms with van der Waals surface area (Å²) in [6.07, 6.45) is -2.83. The van der Waals surface area contributed by atoms with Crippen molar-refractivity contribution in [3.8, 4) is 0 Å². The molecule has 148 valence electrons. The predicted molar refractivity (Wildman–Crippen MR) is 104 cm³/mol. The number of nitrogens with one attached hydrogen (secondary N) is 1. The molecular formula is C16H20F2N4O3S2. The van der Waals surface area contributed by atoms with Crippen LogP contribution < -0.4 is 16.6 Å². The van der Waals surface area contributed by atoms with E-state index in [-0.39, 0.29) is 42.0 Å². The van der Waals surface area contributed by atoms with E-state index in [0.717, 1.165) is 15.9 Å². The van der Waals surface area contributed by atoms with Gasteiger partial charge in [0.05, 0.1) is 25.1 Å². The number of halogens is 2. The molecule has 11 heteroatoms. The quantitative estimate of drug-likeness (QED) is 0.688. The zero-order valence-corrected chi connectivity index (χ0v) is 16.6. The molecular weight excluding hydrogens is 398 g/mol. The van der Waals surface area contributed by atoms with Crippen LogP contribution in [0.5, 0.6) is 0 Å². The number of fused-ring (bicyclic) bond motifs is 1. The molecule has 0 saturated carbocycles. The molecule has 0 amide bonds. The standard InChI is InChI=1S/C16H20F2N4O3S2/c1-3-21-13(23)11-10(12(17)18)9(8-20-5-4-19-15(20)26)27-14(11)22(16(21)24)6-7-25-2/h12H,3-8H2,1-2H3,(H,19,26). The first-order valence-electron chi connectivity index (χ1n) is 8.49. The van der Waals surface area contributed by atoms with Crippen molar-refractivity contribution in [2.45, 2.75) is 33.0 Å². The number of thiophene rings is 1. The summed E-state index contributed by atoms with van der Waals surface area (Å²) in [6.45, 7) is 3.58. The largest absolute Gasteiger partial charge is 0.383 e. The molecule has 27 heavy (non-hydrogen) atoms. The molecule has 3 heterocycles. The molecule has 0 spiro atoms. The van der Waals surface area contributed by atoms with Crippen molar-refractivity contribution < 1.29 is 13.5 Å². The van der Waals surface area contributed by atoms with E-state index < -0.39 is 17.7 Å². The Labute approximate surface area is 163 Å². The van der Waals surface area contributed by atoms with Crippen molar-refractivity contribution in [1.29, 1.82) is 0 Å². The lowest BCUT2D eigenvalue weighted by Crippen LogP contribution is -2.40. The fourth-order valence-corrected chi connectivity index (χ4v) is 4.76. The Morgan fingerprint density at radius 3 is 2.63 bits per heavy atom. The van der Waals surface area contributed by atoms with Gasteiger partial charge >= 0.3 is 5.69 Å². The van der Waals surface area contributed by atoms with E-state index in [4.69, 9.17) is 17.0 Å². The van der Waals surface area contributed by atoms with Crippen LogP contribution in [0.15, 0.2) is 9.59 Å². The smallest absolute Gasteiger partial charge is 0.332 e. The van der Waals surface area contributed by atoms with E-state index in [1.165, 1.54) is 11.7 Å². The maximum Gasteiger partial charge on any atom is 0.332 e. The summed E-state index contributed by atoms with van der Waals surface area (Å²) >= 11 is 6.24. The Bertz CT molecular complexity index is 983. The van der Waals surface area contributed by atoms with Gasteiger partial charge in [0, 0.05) is 37.2 Å². The first-order valence-corrected chi connectivity index (χ1v) is 9.71. The van der Waals surface area contributed by atoms with Crippen molar-refractivity contribution in [2.75, 3.05) is 26.8 Å². The van der Waals surface area contributed by atoms with Gasteiger partial charge < -0.3 is 15.0 Å². The number of aromatic nitrogens is 2. The van der Waals surface area contributed by atoms with Crippen LogP contribution in [0.1, 0.15) is 23.8 Å². The normalized spacial score (nSPS) is 14.6. The summed E-state index contributed by atoms with van der Waals surface area (Å²) in [4.78, 5) is 27.9. The van der Waals surface area contributed by atoms with Crippen LogP contribution in [0.2, 0.25) is 0 Å². The van der Waals surface area contributed by atoms with Gasteiger partial charge in [0.15, 0.2) is 5.11 Å². The molecule has 0 unspecified atom stereocenters. The van der Waals surface area contributed by atoms with E-state index >= 15 is 0 Å². The summed E-state index contributed by atoms with van der Waals surface area (Å²) in [5.74, 6) is 0. The highest BCUT2D eigenvalue weighted by molar-refractivity contribution is 7.80. The van der Waals surface area contributed by atoms with Crippen LogP contribution in [-0.2, 0) is 24.4 Å². The van der Waals surface area contributed by atoms with Crippen LogP contribution in [0.4, 0.5) is 8.78 Å². The van der Waals surface area contributed by atoms with Crippen molar-refractivity contribution in [3.05, 3.63) is 31.3 Å². The second-order valence-corrected chi connectivity index (χ2v) is 7.52. The van der Waals surface area contributed by atoms with Crippen molar-refractivity contribution in [1.82, 2.24) is 19.4 Å². The molecule has 0 aromatic carbocycles. The summed E-state index contributed by atoms with van der Waals surface area (Å²) in [7, 11) is 1.49. The number of hydrogen-bond donors (Lipinski definition) is 1. The third-order valence-corrected chi connectivity index (χ3v) is 6.12. The predicted octanol–water partition coefficient (Wildman–Crippen LogP) is 1.52. The molecule has 0 atom stereocenters. The number of rotatable bonds is 7. The number of thiocarbonyl (C=S) groups is 1. The molecule has 1 aliphatic heterocycles. The van der Waals surface area contributed by atoms with E-state index in [0.29, 0.717) is 23.1 Å². The topological polar surface area (TPSA) is 68.5 Å². The first-order chi connectivity index (χ1) is 12.9. The van der Waals surface area contributed by atoms with Crippen LogP contribution in [0.25, 0.3) is 10.2 Å². The minimum Gasteiger partial charge on any atom is -0.383 e. The number of ether oxygens (including phenoxy) is 1. The van der Waals surface area contributed by atoms with Crippen molar-refractivity contribution in [2.24, 2.45) is 0 Å². The van der Waals surface area contributed by atoms with Gasteiger partial charge in [-0.15, -0.1) is 11.3 Å². The van der Waals surface area contributed by atoms with Crippen LogP contribution >= 0.6 is 23.6 Å². The van der Waals surface area contributed by atoms with Crippen molar-refractivity contribution >= 4 is 38.9 Å². The van der Waals surface area contributed by atoms with E-state index in [9.17, 15) is 18.4 Å². The van der Waals surface area contributed by atoms with Gasteiger partial charge in [-0.25, -0.2) is 13.6 Å². The molecule has 0 radical (unpaired) electrons. The number of methoxy groups -OCH3 is 1. The summed E-state index contributed by atoms with van der Waals surface area (Å²) in [5, 5.41) is 3.40. The minimum atomic E-state index is -2.83. The van der Waals surface area contributed by atoms with E-state index in [2.05, 4.69) is 5.32 Å². The van der Waals surface area contributed by atoms with Gasteiger partial charge in [-0.3, -0.25) is 13.9 Å². The van der Waals surface area contributed by atoms with Gasteiger partial charge in [0.1, 0.15) is 4.83 Å². The lowest BCUT2D eigenvalue weighted by atomic mass is 10.2. The summed E-state index contributed by atoms with van der Waals surface area (Å²) in [5.41, 5.74) is -1.49. The monoisotopic (exact) mass is 418 g/mol. The molecule has 7 nitrogen and oxygen atoms in total. The highest BCUT2D eigenvalue weighted by Gasteiger charge is 2.28. The second kappa shape index (κ2) is 8.03. The van der Waals surface area contributed by atoms with Gasteiger partial charge in [-0.2, -0.15) is 0 Å². The molecule has 1 fully saturated rings. The number of alkyl halides is 2. The lowest BCUT2D eigenvalue weighted by Gasteiger charge is -2.16. The highest BCUT2D eigenvalue weighted by atomic mass is 32.1. The fraction of sp³-hybridized carbons (Fsp3) is 0.562. The molecule has 2 aromatic rings. The Kier molecular flexibility index (Phi) is 5.92. The van der Waals surface area contributed by atoms with Gasteiger partial charge in [-0.05, 0) is 19.1 Å². The molecule has 1 N–H and O–H groups in total. The maximum atomic E-state index is 13.9. The Hall–Kier alpha value is -1.85. The third kappa shape index (κ3) is 3.50. The van der Waals surface area contributed by atoms with Crippen molar-refractivity contribution in [3.63, 3.8) is 0 Å². The molecule has 1 aliphatic rings. The lowest BCUT2D eigenvalue weighted by molar-refractivity contribution is 0.151. The third-order valence-electron chi connectivity index (χ3n) is 4.50. The Morgan fingerprint density at radius 1 is 1.33 bits per heavy atom. The number of hydrogen-bond acceptors (Lipinski definition) is 5. The Morgan fingerprint density at radius 2 is 2.07 bits per heavy atom. The van der Waals surface area contributed by atoms with Gasteiger partial charge in [0.25, 0.3) is 12.0 Å². The second-order valence-electron chi connectivity index (χ2n) is 6.05. The fourth-order valence-electron chi connectivity index (χ4n) is 3.17. The Balaban J connectivity index is 2.27. The van der Waals surface area contributed by atoms with Gasteiger partial charge in [0.2, 0.25) is 0 Å². The summed E-state index contributed by atoms with van der Waals surface area (Å²) in [6, 6.07) is 0. The van der Waals surface area contributed by atoms with Crippen LogP contribution in [0.3, 0.4) is 0 Å². The minimum absolute atomic E-state index is 0.0828. The average Bonchev–Trinajstić information content (AvgIpc) is 3.19. The maximum absolute atomic E-state index is 13.9. The van der Waals surface area contributed by atoms with E-state index in [1.807, 2.05) is 0 Å². The molecule has 0 bridgehead atoms. The molecule has 1 saturated heterocycles. The zero-order valence-electron chi connectivity index (χ0n) is 15.0. The van der Waals surface area contributed by atoms with Crippen LogP contribution in [0, 0.1) is 0 Å². The van der Waals surface area contributed by atoms with Gasteiger partial charge in [-0.1, -0.05) is 0 Å². The molecule has 2 aromatic heterocycles. The number of nitrogens with zero attached hydrogens (tertiary/aromatic N) is 3. The highest BCUT2D eigenvalue weighted by Crippen LogP contribution is 2.36. The first kappa shape index (κ1) is 19.9. The molecule has 0 aliphatic carbocycles. The van der Waals surface area contributed by atoms with E-state index in [1.54, 1.807) is 11.8 Å². The van der Waals surface area contributed by atoms with Crippen LogP contribution in [-0.4, -0.2) is 46.0 Å². The average molecular weight is 418 g/mol. The molecule has 3 rings (SSSR count). The zero-order chi connectivity index (χ0) is 19.7. The summed E-state index contributed by atoms with van der Waals surface area (Å²) < 4.78 is 35.3. The SMILES string of the molecule is CCn1c(=O)c2c(C(F)F)c(CN3CCNC3=S)sc2n(CCOC)c1=O.